The number of ether oxygens (including phenoxy) is 4. The average molecular weight is 1440 g/mol. The summed E-state index contributed by atoms with van der Waals surface area (Å²) in [5, 5.41) is 10.6. The van der Waals surface area contributed by atoms with E-state index in [9.17, 15) is 43.2 Å². The topological polar surface area (TPSA) is 237 Å². The fourth-order valence-corrected chi connectivity index (χ4v) is 13.6. The molecule has 19 heteroatoms. The molecule has 582 valence electrons. The van der Waals surface area contributed by atoms with Gasteiger partial charge < -0.3 is 33.8 Å². The number of unbranched alkanes of at least 4 members (excludes halogenated alkanes) is 40. The molecule has 0 aliphatic carbocycles. The van der Waals surface area contributed by atoms with Crippen molar-refractivity contribution in [3.05, 3.63) is 0 Å². The van der Waals surface area contributed by atoms with Crippen LogP contribution in [-0.4, -0.2) is 96.7 Å². The van der Waals surface area contributed by atoms with Crippen molar-refractivity contribution in [2.45, 2.75) is 420 Å². The minimum atomic E-state index is -4.96. The Morgan fingerprint density at radius 3 is 0.724 bits per heavy atom. The van der Waals surface area contributed by atoms with Gasteiger partial charge in [-0.05, 0) is 49.4 Å². The molecule has 0 bridgehead atoms. The second-order valence-electron chi connectivity index (χ2n) is 29.9. The lowest BCUT2D eigenvalue weighted by Gasteiger charge is -2.21. The Labute approximate surface area is 600 Å². The smallest absolute Gasteiger partial charge is 0.462 e. The number of aliphatic hydroxyl groups excluding tert-OH is 1. The third-order valence-corrected chi connectivity index (χ3v) is 20.9. The molecule has 0 aromatic heterocycles. The van der Waals surface area contributed by atoms with Gasteiger partial charge in [0, 0.05) is 25.7 Å². The van der Waals surface area contributed by atoms with E-state index in [4.69, 9.17) is 37.0 Å². The van der Waals surface area contributed by atoms with Crippen molar-refractivity contribution in [2.75, 3.05) is 39.6 Å². The number of carbonyl (C=O) groups is 4. The van der Waals surface area contributed by atoms with Crippen LogP contribution in [0.5, 0.6) is 0 Å². The highest BCUT2D eigenvalue weighted by atomic mass is 31.2. The maximum Gasteiger partial charge on any atom is 0.472 e. The summed E-state index contributed by atoms with van der Waals surface area (Å²) in [5.41, 5.74) is 0. The van der Waals surface area contributed by atoms with Crippen molar-refractivity contribution >= 4 is 39.5 Å². The first kappa shape index (κ1) is 96.1. The highest BCUT2D eigenvalue weighted by molar-refractivity contribution is 7.47. The fourth-order valence-electron chi connectivity index (χ4n) is 12.0. The molecule has 3 N–H and O–H groups in total. The molecule has 17 nitrogen and oxygen atoms in total. The second kappa shape index (κ2) is 68.2. The van der Waals surface area contributed by atoms with Crippen molar-refractivity contribution in [3.63, 3.8) is 0 Å². The zero-order valence-corrected chi connectivity index (χ0v) is 66.2. The predicted octanol–water partition coefficient (Wildman–Crippen LogP) is 23.2. The summed E-state index contributed by atoms with van der Waals surface area (Å²) >= 11 is 0. The summed E-state index contributed by atoms with van der Waals surface area (Å²) in [6.45, 7) is 14.2. The molecule has 4 unspecified atom stereocenters. The van der Waals surface area contributed by atoms with Gasteiger partial charge in [0.2, 0.25) is 0 Å². The minimum absolute atomic E-state index is 0.106. The average Bonchev–Trinajstić information content (AvgIpc) is 1.05. The lowest BCUT2D eigenvalue weighted by molar-refractivity contribution is -0.161. The van der Waals surface area contributed by atoms with E-state index in [1.54, 1.807) is 0 Å². The number of carbonyl (C=O) groups excluding carboxylic acids is 4. The Hall–Kier alpha value is -1.94. The zero-order valence-electron chi connectivity index (χ0n) is 64.4. The quantitative estimate of drug-likeness (QED) is 0.0222. The van der Waals surface area contributed by atoms with Crippen molar-refractivity contribution in [3.8, 4) is 0 Å². The van der Waals surface area contributed by atoms with Crippen LogP contribution in [0.4, 0.5) is 0 Å². The molecular formula is C79H154O17P2. The van der Waals surface area contributed by atoms with E-state index in [2.05, 4.69) is 55.4 Å². The second-order valence-corrected chi connectivity index (χ2v) is 32.8. The zero-order chi connectivity index (χ0) is 72.4. The number of hydrogen-bond donors (Lipinski definition) is 3. The van der Waals surface area contributed by atoms with Gasteiger partial charge in [-0.2, -0.15) is 0 Å². The highest BCUT2D eigenvalue weighted by Crippen LogP contribution is 2.45. The van der Waals surface area contributed by atoms with Crippen LogP contribution in [0, 0.1) is 23.7 Å². The third kappa shape index (κ3) is 69.8. The van der Waals surface area contributed by atoms with E-state index in [0.717, 1.165) is 115 Å². The molecular weight excluding hydrogens is 1280 g/mol. The minimum Gasteiger partial charge on any atom is -0.462 e. The van der Waals surface area contributed by atoms with Gasteiger partial charge in [0.25, 0.3) is 0 Å². The monoisotopic (exact) mass is 1440 g/mol. The molecule has 0 saturated heterocycles. The van der Waals surface area contributed by atoms with E-state index in [0.29, 0.717) is 37.5 Å². The van der Waals surface area contributed by atoms with E-state index < -0.39 is 97.5 Å². The molecule has 0 fully saturated rings. The van der Waals surface area contributed by atoms with Crippen molar-refractivity contribution < 1.29 is 80.2 Å². The Bertz CT molecular complexity index is 1920. The van der Waals surface area contributed by atoms with Crippen molar-refractivity contribution in [1.29, 1.82) is 0 Å². The molecule has 0 spiro atoms. The van der Waals surface area contributed by atoms with Gasteiger partial charge in [0.1, 0.15) is 19.3 Å². The molecule has 7 atom stereocenters. The molecule has 0 aliphatic heterocycles. The highest BCUT2D eigenvalue weighted by Gasteiger charge is 2.30. The van der Waals surface area contributed by atoms with Gasteiger partial charge in [0.15, 0.2) is 12.2 Å². The molecule has 0 aliphatic rings. The molecule has 0 amide bonds. The number of phosphoric ester groups is 2. The largest absolute Gasteiger partial charge is 0.472 e. The van der Waals surface area contributed by atoms with Crippen LogP contribution in [0.25, 0.3) is 0 Å². The molecule has 0 rings (SSSR count). The van der Waals surface area contributed by atoms with Crippen LogP contribution in [0.3, 0.4) is 0 Å². The molecule has 0 saturated carbocycles. The first-order valence-electron chi connectivity index (χ1n) is 40.8. The van der Waals surface area contributed by atoms with Gasteiger partial charge in [0.05, 0.1) is 26.4 Å². The summed E-state index contributed by atoms with van der Waals surface area (Å²) in [6, 6.07) is 0. The van der Waals surface area contributed by atoms with E-state index in [1.807, 2.05) is 0 Å². The Morgan fingerprint density at radius 2 is 0.490 bits per heavy atom. The van der Waals surface area contributed by atoms with Crippen LogP contribution in [0.2, 0.25) is 0 Å². The van der Waals surface area contributed by atoms with Gasteiger partial charge in [-0.25, -0.2) is 9.13 Å². The Kier molecular flexibility index (Phi) is 66.8. The molecule has 0 radical (unpaired) electrons. The number of esters is 4. The van der Waals surface area contributed by atoms with Gasteiger partial charge in [-0.1, -0.05) is 351 Å². The summed E-state index contributed by atoms with van der Waals surface area (Å²) in [4.78, 5) is 72.8. The maximum absolute atomic E-state index is 13.1. The first-order valence-corrected chi connectivity index (χ1v) is 43.8. The van der Waals surface area contributed by atoms with Crippen LogP contribution < -0.4 is 0 Å². The third-order valence-electron chi connectivity index (χ3n) is 19.0. The fraction of sp³-hybridized carbons (Fsp3) is 0.949. The first-order chi connectivity index (χ1) is 47.2. The lowest BCUT2D eigenvalue weighted by Crippen LogP contribution is -2.30. The number of phosphoric acid groups is 2. The Balaban J connectivity index is 5.12. The molecule has 0 aromatic rings. The van der Waals surface area contributed by atoms with E-state index in [1.165, 1.54) is 193 Å². The summed E-state index contributed by atoms with van der Waals surface area (Å²) in [7, 11) is -9.91. The van der Waals surface area contributed by atoms with Gasteiger partial charge >= 0.3 is 39.5 Å². The maximum atomic E-state index is 13.1. The molecule has 0 heterocycles. The molecule has 98 heavy (non-hydrogen) atoms. The van der Waals surface area contributed by atoms with Gasteiger partial charge in [-0.3, -0.25) is 37.3 Å². The van der Waals surface area contributed by atoms with E-state index >= 15 is 0 Å². The standard InChI is InChI=1S/C79H154O17P2/c1-9-71(7)57-49-41-31-27-23-19-15-13-11-12-14-16-21-25-29-33-45-53-61-78(83)95-74(65-89-76(81)59-51-43-37-35-39-47-55-69(3)4)67-93-97(85,86)91-63-73(80)64-92-98(87,88)94-68-75(66-90-77(82)60-52-44-38-36-40-48-56-70(5)6)96-79(84)62-54-46-34-30-26-22-18-17-20-24-28-32-42-50-58-72(8)10-2/h69-75,80H,9-68H2,1-8H3,(H,85,86)(H,87,88)/t71?,72?,73-,74-,75-/m1/s1. The van der Waals surface area contributed by atoms with Crippen LogP contribution in [0.15, 0.2) is 0 Å². The molecule has 0 aromatic carbocycles. The summed E-state index contributed by atoms with van der Waals surface area (Å²) in [5.74, 6) is 0.953. The normalized spacial score (nSPS) is 14.6. The number of aliphatic hydroxyl groups is 1. The summed E-state index contributed by atoms with van der Waals surface area (Å²) in [6.07, 6.45) is 54.5. The summed E-state index contributed by atoms with van der Waals surface area (Å²) < 4.78 is 68.5. The lowest BCUT2D eigenvalue weighted by atomic mass is 9.99. The Morgan fingerprint density at radius 1 is 0.286 bits per heavy atom. The van der Waals surface area contributed by atoms with Crippen LogP contribution >= 0.6 is 15.6 Å². The number of hydrogen-bond acceptors (Lipinski definition) is 15. The van der Waals surface area contributed by atoms with E-state index in [-0.39, 0.29) is 25.7 Å². The van der Waals surface area contributed by atoms with Crippen LogP contribution in [0.1, 0.15) is 402 Å². The predicted molar refractivity (Wildman–Crippen MR) is 400 cm³/mol. The van der Waals surface area contributed by atoms with Crippen LogP contribution in [-0.2, 0) is 65.4 Å². The van der Waals surface area contributed by atoms with Gasteiger partial charge in [-0.15, -0.1) is 0 Å². The van der Waals surface area contributed by atoms with Crippen molar-refractivity contribution in [1.82, 2.24) is 0 Å². The van der Waals surface area contributed by atoms with Crippen molar-refractivity contribution in [2.24, 2.45) is 23.7 Å². The SMILES string of the molecule is CCC(C)CCCCCCCCCCCCCCCCCCCCC(=O)O[C@H](COC(=O)CCCCCCCCC(C)C)COP(=O)(O)OC[C@@H](O)COP(=O)(O)OC[C@@H](COC(=O)CCCCCCCCC(C)C)OC(=O)CCCCCCCCCCCCCCCCC(C)CC. The number of rotatable bonds is 76.